The van der Waals surface area contributed by atoms with E-state index in [-0.39, 0.29) is 5.41 Å². The van der Waals surface area contributed by atoms with Gasteiger partial charge in [-0.3, -0.25) is 0 Å². The van der Waals surface area contributed by atoms with Crippen LogP contribution in [-0.4, -0.2) is 14.5 Å². The van der Waals surface area contributed by atoms with Crippen LogP contribution in [0.1, 0.15) is 25.0 Å². The molecule has 2 aromatic heterocycles. The van der Waals surface area contributed by atoms with Gasteiger partial charge in [0.15, 0.2) is 5.82 Å². The topological polar surface area (TPSA) is 30.7 Å². The zero-order valence-electron chi connectivity index (χ0n) is 27.9. The predicted octanol–water partition coefficient (Wildman–Crippen LogP) is 12.0. The lowest BCUT2D eigenvalue weighted by atomic mass is 9.81. The third-order valence-corrected chi connectivity index (χ3v) is 10.6. The van der Waals surface area contributed by atoms with Gasteiger partial charge < -0.3 is 4.57 Å². The summed E-state index contributed by atoms with van der Waals surface area (Å²) in [5, 5.41) is 3.37. The van der Waals surface area contributed by atoms with Crippen LogP contribution >= 0.6 is 0 Å². The van der Waals surface area contributed by atoms with E-state index in [1.807, 2.05) is 6.07 Å². The van der Waals surface area contributed by atoms with Crippen LogP contribution < -0.4 is 0 Å². The highest BCUT2D eigenvalue weighted by Gasteiger charge is 2.35. The summed E-state index contributed by atoms with van der Waals surface area (Å²) in [6.07, 6.45) is 0. The fraction of sp³-hybridized carbons (Fsp3) is 0.0638. The van der Waals surface area contributed by atoms with Gasteiger partial charge in [0.25, 0.3) is 0 Å². The summed E-state index contributed by atoms with van der Waals surface area (Å²) in [6.45, 7) is 4.69. The van der Waals surface area contributed by atoms with Crippen LogP contribution in [0.2, 0.25) is 0 Å². The summed E-state index contributed by atoms with van der Waals surface area (Å²) in [5.41, 5.74) is 15.2. The number of aromatic nitrogens is 3. The maximum Gasteiger partial charge on any atom is 0.161 e. The number of para-hydroxylation sites is 2. The molecule has 50 heavy (non-hydrogen) atoms. The van der Waals surface area contributed by atoms with Gasteiger partial charge in [-0.2, -0.15) is 0 Å². The molecule has 0 spiro atoms. The van der Waals surface area contributed by atoms with Crippen LogP contribution in [0.3, 0.4) is 0 Å². The van der Waals surface area contributed by atoms with E-state index in [1.165, 1.54) is 38.8 Å². The van der Waals surface area contributed by atoms with Crippen molar-refractivity contribution in [3.05, 3.63) is 175 Å². The second-order valence-corrected chi connectivity index (χ2v) is 13.8. The van der Waals surface area contributed by atoms with E-state index in [4.69, 9.17) is 9.97 Å². The molecule has 0 aliphatic heterocycles. The molecule has 3 heteroatoms. The van der Waals surface area contributed by atoms with E-state index < -0.39 is 0 Å². The Balaban J connectivity index is 1.24. The van der Waals surface area contributed by atoms with Crippen molar-refractivity contribution in [2.75, 3.05) is 0 Å². The molecule has 0 saturated carbocycles. The van der Waals surface area contributed by atoms with Gasteiger partial charge in [-0.1, -0.05) is 135 Å². The van der Waals surface area contributed by atoms with Crippen LogP contribution in [0, 0.1) is 0 Å². The molecule has 0 fully saturated rings. The molecule has 3 nitrogen and oxygen atoms in total. The van der Waals surface area contributed by atoms with Gasteiger partial charge in [-0.15, -0.1) is 0 Å². The normalized spacial score (nSPS) is 13.2. The number of benzene rings is 7. The zero-order chi connectivity index (χ0) is 33.4. The zero-order valence-corrected chi connectivity index (χ0v) is 27.9. The average Bonchev–Trinajstić information content (AvgIpc) is 3.63. The van der Waals surface area contributed by atoms with E-state index >= 15 is 0 Å². The lowest BCUT2D eigenvalue weighted by Gasteiger charge is -2.22. The molecule has 7 aromatic carbocycles. The Morgan fingerprint density at radius 1 is 0.460 bits per heavy atom. The molecule has 0 saturated heterocycles. The van der Waals surface area contributed by atoms with Crippen molar-refractivity contribution < 1.29 is 0 Å². The van der Waals surface area contributed by atoms with Crippen molar-refractivity contribution in [3.63, 3.8) is 0 Å². The summed E-state index contributed by atoms with van der Waals surface area (Å²) in [4.78, 5) is 10.5. The number of rotatable bonds is 4. The van der Waals surface area contributed by atoms with Crippen molar-refractivity contribution in [3.8, 4) is 50.6 Å². The largest absolute Gasteiger partial charge is 0.309 e. The highest BCUT2D eigenvalue weighted by molar-refractivity contribution is 6.16. The smallest absolute Gasteiger partial charge is 0.161 e. The number of hydrogen-bond acceptors (Lipinski definition) is 2. The molecule has 0 N–H and O–H groups in total. The number of nitrogens with zero attached hydrogens (tertiary/aromatic N) is 3. The van der Waals surface area contributed by atoms with Gasteiger partial charge in [0.05, 0.1) is 22.2 Å². The van der Waals surface area contributed by atoms with Crippen molar-refractivity contribution in [2.24, 2.45) is 0 Å². The molecular formula is C47H33N3. The van der Waals surface area contributed by atoms with E-state index in [1.54, 1.807) is 0 Å². The summed E-state index contributed by atoms with van der Waals surface area (Å²) in [7, 11) is 0. The Morgan fingerprint density at radius 3 is 2.00 bits per heavy atom. The molecule has 0 atom stereocenters. The minimum Gasteiger partial charge on any atom is -0.309 e. The Labute approximate surface area is 291 Å². The van der Waals surface area contributed by atoms with E-state index in [2.05, 4.69) is 176 Å². The maximum atomic E-state index is 5.32. The van der Waals surface area contributed by atoms with Crippen molar-refractivity contribution in [1.29, 1.82) is 0 Å². The highest BCUT2D eigenvalue weighted by Crippen LogP contribution is 2.50. The summed E-state index contributed by atoms with van der Waals surface area (Å²) < 4.78 is 2.37. The molecule has 0 radical (unpaired) electrons. The molecule has 10 rings (SSSR count). The van der Waals surface area contributed by atoms with Crippen molar-refractivity contribution in [1.82, 2.24) is 14.5 Å². The first-order chi connectivity index (χ1) is 24.6. The molecule has 0 unspecified atom stereocenters. The first-order valence-electron chi connectivity index (χ1n) is 17.3. The van der Waals surface area contributed by atoms with Crippen LogP contribution in [0.5, 0.6) is 0 Å². The molecule has 2 heterocycles. The van der Waals surface area contributed by atoms with Gasteiger partial charge in [-0.05, 0) is 75.8 Å². The minimum atomic E-state index is -0.0631. The second-order valence-electron chi connectivity index (χ2n) is 13.8. The van der Waals surface area contributed by atoms with Crippen LogP contribution in [0.15, 0.2) is 164 Å². The van der Waals surface area contributed by atoms with Crippen molar-refractivity contribution >= 4 is 32.7 Å². The van der Waals surface area contributed by atoms with Gasteiger partial charge in [-0.25, -0.2) is 9.97 Å². The third-order valence-electron chi connectivity index (χ3n) is 10.6. The average molecular weight is 640 g/mol. The standard InChI is InChI=1S/C47H33N3/c1-47(2)39-21-11-9-18-34(39)35-26-24-32(29-40(35)47)31-25-27-42-38(28-31)44-37(20-13-23-43(44)50(42)33-16-7-4-8-17-33)46-48-41-22-12-10-19-36(41)45(49-46)30-14-5-3-6-15-30/h3-29H,1-2H3. The Bertz CT molecular complexity index is 2770. The Kier molecular flexibility index (Phi) is 6.22. The van der Waals surface area contributed by atoms with Gasteiger partial charge in [0, 0.05) is 38.4 Å². The molecular weight excluding hydrogens is 607 g/mol. The highest BCUT2D eigenvalue weighted by atomic mass is 15.0. The summed E-state index contributed by atoms with van der Waals surface area (Å²) in [6, 6.07) is 58.7. The SMILES string of the molecule is CC1(C)c2ccccc2-c2ccc(-c3ccc4c(c3)c3c(-c5nc(-c6ccccc6)c6ccccc6n5)cccc3n4-c3ccccc3)cc21. The second kappa shape index (κ2) is 10.8. The first kappa shape index (κ1) is 28.7. The molecule has 0 amide bonds. The fourth-order valence-corrected chi connectivity index (χ4v) is 8.19. The fourth-order valence-electron chi connectivity index (χ4n) is 8.19. The quantitative estimate of drug-likeness (QED) is 0.192. The molecule has 1 aliphatic carbocycles. The van der Waals surface area contributed by atoms with Gasteiger partial charge in [0.2, 0.25) is 0 Å². The van der Waals surface area contributed by atoms with E-state index in [9.17, 15) is 0 Å². The lowest BCUT2D eigenvalue weighted by Crippen LogP contribution is -2.14. The van der Waals surface area contributed by atoms with Crippen molar-refractivity contribution in [2.45, 2.75) is 19.3 Å². The monoisotopic (exact) mass is 639 g/mol. The van der Waals surface area contributed by atoms with Gasteiger partial charge in [0.1, 0.15) is 0 Å². The minimum absolute atomic E-state index is 0.0631. The number of hydrogen-bond donors (Lipinski definition) is 0. The predicted molar refractivity (Wildman–Crippen MR) is 208 cm³/mol. The van der Waals surface area contributed by atoms with E-state index in [0.717, 1.165) is 55.7 Å². The first-order valence-corrected chi connectivity index (χ1v) is 17.3. The molecule has 1 aliphatic rings. The van der Waals surface area contributed by atoms with Gasteiger partial charge >= 0.3 is 0 Å². The Hall–Kier alpha value is -6.32. The van der Waals surface area contributed by atoms with E-state index in [0.29, 0.717) is 0 Å². The molecule has 9 aromatic rings. The van der Waals surface area contributed by atoms with Crippen LogP contribution in [0.4, 0.5) is 0 Å². The maximum absolute atomic E-state index is 5.32. The van der Waals surface area contributed by atoms with Crippen LogP contribution in [-0.2, 0) is 5.41 Å². The number of fused-ring (bicyclic) bond motifs is 7. The summed E-state index contributed by atoms with van der Waals surface area (Å²) >= 11 is 0. The molecule has 0 bridgehead atoms. The van der Waals surface area contributed by atoms with Crippen LogP contribution in [0.25, 0.3) is 83.3 Å². The Morgan fingerprint density at radius 2 is 1.14 bits per heavy atom. The lowest BCUT2D eigenvalue weighted by molar-refractivity contribution is 0.660. The third kappa shape index (κ3) is 4.23. The molecule has 236 valence electrons. The summed E-state index contributed by atoms with van der Waals surface area (Å²) in [5.74, 6) is 0.725.